The first-order valence-electron chi connectivity index (χ1n) is 11.1. The number of nitrogens with zero attached hydrogens (tertiary/aromatic N) is 2. The van der Waals surface area contributed by atoms with Gasteiger partial charge in [0.25, 0.3) is 5.56 Å². The lowest BCUT2D eigenvalue weighted by molar-refractivity contribution is -0.120. The van der Waals surface area contributed by atoms with Gasteiger partial charge in [0.05, 0.1) is 11.1 Å². The van der Waals surface area contributed by atoms with Gasteiger partial charge in [-0.25, -0.2) is 4.98 Å². The van der Waals surface area contributed by atoms with E-state index in [9.17, 15) is 9.59 Å². The number of aromatic amines is 1. The van der Waals surface area contributed by atoms with Crippen LogP contribution in [0.5, 0.6) is 0 Å². The topological polar surface area (TPSA) is 78.1 Å². The maximum absolute atomic E-state index is 12.5. The molecule has 1 aliphatic carbocycles. The predicted octanol–water partition coefficient (Wildman–Crippen LogP) is 3.33. The molecule has 30 heavy (non-hydrogen) atoms. The highest BCUT2D eigenvalue weighted by Crippen LogP contribution is 2.34. The van der Waals surface area contributed by atoms with E-state index in [-0.39, 0.29) is 11.5 Å². The molecule has 8 heteroatoms. The Morgan fingerprint density at radius 3 is 3.10 bits per heavy atom. The normalized spacial score (nSPS) is 20.4. The summed E-state index contributed by atoms with van der Waals surface area (Å²) >= 11 is 3.32. The van der Waals surface area contributed by atoms with Crippen LogP contribution in [0.25, 0.3) is 10.2 Å². The molecule has 0 aromatic carbocycles. The number of fused-ring (bicyclic) bond motifs is 3. The van der Waals surface area contributed by atoms with Crippen molar-refractivity contribution in [1.29, 1.82) is 0 Å². The summed E-state index contributed by atoms with van der Waals surface area (Å²) in [6, 6.07) is 0.387. The van der Waals surface area contributed by atoms with Gasteiger partial charge in [0.1, 0.15) is 10.7 Å². The molecule has 0 spiro atoms. The number of nitrogens with one attached hydrogen (secondary N) is 2. The molecule has 0 radical (unpaired) electrons. The first-order valence-corrected chi connectivity index (χ1v) is 13.1. The van der Waals surface area contributed by atoms with E-state index in [1.807, 2.05) is 0 Å². The number of aromatic nitrogens is 2. The Kier molecular flexibility index (Phi) is 7.16. The van der Waals surface area contributed by atoms with E-state index in [1.54, 1.807) is 23.1 Å². The number of H-pyrrole nitrogens is 1. The molecule has 0 saturated carbocycles. The molecule has 2 aliphatic rings. The lowest BCUT2D eigenvalue weighted by atomic mass is 9.99. The maximum Gasteiger partial charge on any atom is 0.259 e. The van der Waals surface area contributed by atoms with Crippen molar-refractivity contribution >= 4 is 39.2 Å². The second-order valence-corrected chi connectivity index (χ2v) is 10.9. The first-order chi connectivity index (χ1) is 14.5. The summed E-state index contributed by atoms with van der Waals surface area (Å²) in [6.45, 7) is 7.49. The van der Waals surface area contributed by atoms with Gasteiger partial charge in [-0.1, -0.05) is 6.92 Å². The van der Waals surface area contributed by atoms with E-state index < -0.39 is 0 Å². The second-order valence-electron chi connectivity index (χ2n) is 8.75. The minimum absolute atomic E-state index is 0.00578. The Balaban J connectivity index is 1.19. The van der Waals surface area contributed by atoms with Gasteiger partial charge in [-0.05, 0) is 57.1 Å². The van der Waals surface area contributed by atoms with Crippen LogP contribution in [0.15, 0.2) is 4.79 Å². The number of hydrogen-bond donors (Lipinski definition) is 2. The number of thiophene rings is 1. The highest BCUT2D eigenvalue weighted by Gasteiger charge is 2.22. The van der Waals surface area contributed by atoms with Crippen LogP contribution >= 0.6 is 23.1 Å². The molecule has 2 aromatic heterocycles. The molecule has 0 bridgehead atoms. The van der Waals surface area contributed by atoms with Gasteiger partial charge in [0, 0.05) is 36.2 Å². The number of carbonyl (C=O) groups is 1. The van der Waals surface area contributed by atoms with Crippen LogP contribution in [0.1, 0.15) is 55.8 Å². The van der Waals surface area contributed by atoms with Crippen molar-refractivity contribution in [3.8, 4) is 0 Å². The van der Waals surface area contributed by atoms with Gasteiger partial charge in [0.15, 0.2) is 0 Å². The quantitative estimate of drug-likeness (QED) is 0.606. The summed E-state index contributed by atoms with van der Waals surface area (Å²) in [6.07, 6.45) is 6.28. The van der Waals surface area contributed by atoms with Gasteiger partial charge in [-0.2, -0.15) is 11.8 Å². The highest BCUT2D eigenvalue weighted by atomic mass is 32.2. The fourth-order valence-electron chi connectivity index (χ4n) is 4.55. The molecule has 1 aliphatic heterocycles. The van der Waals surface area contributed by atoms with E-state index >= 15 is 0 Å². The molecular formula is C22H32N4O2S2. The van der Waals surface area contributed by atoms with Crippen LogP contribution in [-0.4, -0.2) is 52.2 Å². The fraction of sp³-hybridized carbons (Fsp3) is 0.682. The van der Waals surface area contributed by atoms with Gasteiger partial charge >= 0.3 is 0 Å². The Bertz CT molecular complexity index is 954. The lowest BCUT2D eigenvalue weighted by Crippen LogP contribution is -2.46. The zero-order valence-electron chi connectivity index (χ0n) is 18.0. The van der Waals surface area contributed by atoms with Crippen molar-refractivity contribution in [3.63, 3.8) is 0 Å². The van der Waals surface area contributed by atoms with Gasteiger partial charge in [-0.15, -0.1) is 11.3 Å². The monoisotopic (exact) mass is 448 g/mol. The predicted molar refractivity (Wildman–Crippen MR) is 125 cm³/mol. The molecule has 2 atom stereocenters. The SMILES string of the molecule is CC1CCCN(C(C)CNC(=O)CCSCc2nc3sc4c(c3c(=O)[nH]2)CCC4)C1. The third kappa shape index (κ3) is 5.08. The number of rotatable bonds is 8. The lowest BCUT2D eigenvalue weighted by Gasteiger charge is -2.35. The van der Waals surface area contributed by atoms with Crippen molar-refractivity contribution in [2.75, 3.05) is 25.4 Å². The summed E-state index contributed by atoms with van der Waals surface area (Å²) in [4.78, 5) is 37.0. The molecule has 6 nitrogen and oxygen atoms in total. The minimum Gasteiger partial charge on any atom is -0.355 e. The van der Waals surface area contributed by atoms with E-state index in [4.69, 9.17) is 0 Å². The Morgan fingerprint density at radius 2 is 2.27 bits per heavy atom. The fourth-order valence-corrected chi connectivity index (χ4v) is 6.64. The number of aryl methyl sites for hydroxylation is 2. The van der Waals surface area contributed by atoms with E-state index in [0.29, 0.717) is 30.6 Å². The molecule has 1 amide bonds. The first kappa shape index (κ1) is 21.8. The van der Waals surface area contributed by atoms with E-state index in [1.165, 1.54) is 23.3 Å². The summed E-state index contributed by atoms with van der Waals surface area (Å²) in [5, 5.41) is 3.89. The smallest absolute Gasteiger partial charge is 0.259 e. The molecule has 1 fully saturated rings. The number of likely N-dealkylation sites (tertiary alicyclic amines) is 1. The minimum atomic E-state index is -0.00578. The van der Waals surface area contributed by atoms with Crippen molar-refractivity contribution in [2.24, 2.45) is 5.92 Å². The van der Waals surface area contributed by atoms with Crippen LogP contribution in [0.3, 0.4) is 0 Å². The summed E-state index contributed by atoms with van der Waals surface area (Å²) in [7, 11) is 0. The van der Waals surface area contributed by atoms with E-state index in [0.717, 1.165) is 54.2 Å². The summed E-state index contributed by atoms with van der Waals surface area (Å²) in [5.41, 5.74) is 1.21. The Labute approximate surface area is 186 Å². The number of hydrogen-bond acceptors (Lipinski definition) is 6. The van der Waals surface area contributed by atoms with Crippen LogP contribution in [0.4, 0.5) is 0 Å². The maximum atomic E-state index is 12.5. The highest BCUT2D eigenvalue weighted by molar-refractivity contribution is 7.98. The molecule has 2 unspecified atom stereocenters. The molecular weight excluding hydrogens is 416 g/mol. The third-order valence-corrected chi connectivity index (χ3v) is 8.40. The van der Waals surface area contributed by atoms with Crippen LogP contribution < -0.4 is 10.9 Å². The van der Waals surface area contributed by atoms with Gasteiger partial charge in [-0.3, -0.25) is 14.5 Å². The molecule has 1 saturated heterocycles. The average Bonchev–Trinajstić information content (AvgIpc) is 3.30. The summed E-state index contributed by atoms with van der Waals surface area (Å²) < 4.78 is 0. The standard InChI is InChI=1S/C22H32N4O2S2/c1-14-5-4-9-26(12-14)15(2)11-23-19(27)8-10-29-13-18-24-21(28)20-16-6-3-7-17(16)30-22(20)25-18/h14-15H,3-13H2,1-2H3,(H,23,27)(H,24,25,28). The van der Waals surface area contributed by atoms with Crippen LogP contribution in [0, 0.1) is 5.92 Å². The molecule has 4 rings (SSSR count). The van der Waals surface area contributed by atoms with Crippen LogP contribution in [-0.2, 0) is 23.4 Å². The molecule has 2 aromatic rings. The third-order valence-electron chi connectivity index (χ3n) is 6.24. The van der Waals surface area contributed by atoms with Gasteiger partial charge < -0.3 is 10.3 Å². The zero-order chi connectivity index (χ0) is 21.1. The van der Waals surface area contributed by atoms with E-state index in [2.05, 4.69) is 34.0 Å². The summed E-state index contributed by atoms with van der Waals surface area (Å²) in [5.74, 6) is 2.92. The average molecular weight is 449 g/mol. The van der Waals surface area contributed by atoms with Crippen molar-refractivity contribution in [1.82, 2.24) is 20.2 Å². The van der Waals surface area contributed by atoms with Crippen molar-refractivity contribution < 1.29 is 4.79 Å². The largest absolute Gasteiger partial charge is 0.355 e. The van der Waals surface area contributed by atoms with Gasteiger partial charge in [0.2, 0.25) is 5.91 Å². The number of carbonyl (C=O) groups excluding carboxylic acids is 1. The number of piperidine rings is 1. The second kappa shape index (κ2) is 9.83. The number of thioether (sulfide) groups is 1. The molecule has 3 heterocycles. The van der Waals surface area contributed by atoms with Crippen molar-refractivity contribution in [2.45, 2.75) is 64.2 Å². The number of amides is 1. The Morgan fingerprint density at radius 1 is 1.40 bits per heavy atom. The zero-order valence-corrected chi connectivity index (χ0v) is 19.6. The molecule has 2 N–H and O–H groups in total. The molecule has 164 valence electrons. The van der Waals surface area contributed by atoms with Crippen molar-refractivity contribution in [3.05, 3.63) is 26.6 Å². The Hall–Kier alpha value is -1.38. The van der Waals surface area contributed by atoms with Crippen LogP contribution in [0.2, 0.25) is 0 Å².